The van der Waals surface area contributed by atoms with Gasteiger partial charge >= 0.3 is 5.97 Å². The molecule has 124 valence electrons. The van der Waals surface area contributed by atoms with Crippen molar-refractivity contribution in [2.24, 2.45) is 0 Å². The number of benzene rings is 2. The summed E-state index contributed by atoms with van der Waals surface area (Å²) in [6, 6.07) is 11.2. The lowest BCUT2D eigenvalue weighted by atomic mass is 10.1. The summed E-state index contributed by atoms with van der Waals surface area (Å²) in [6.07, 6.45) is 0. The van der Waals surface area contributed by atoms with Crippen LogP contribution in [0.4, 0.5) is 4.39 Å². The Kier molecular flexibility index (Phi) is 6.03. The van der Waals surface area contributed by atoms with Crippen LogP contribution in [-0.2, 0) is 9.53 Å². The summed E-state index contributed by atoms with van der Waals surface area (Å²) in [7, 11) is 0. The van der Waals surface area contributed by atoms with E-state index in [0.717, 1.165) is 6.07 Å². The minimum absolute atomic E-state index is 0.0834. The van der Waals surface area contributed by atoms with Gasteiger partial charge < -0.3 is 10.1 Å². The third-order valence-corrected chi connectivity index (χ3v) is 3.26. The molecule has 0 unspecified atom stereocenters. The fraction of sp³-hybridized carbons (Fsp3) is 0.118. The minimum Gasteiger partial charge on any atom is -0.456 e. The van der Waals surface area contributed by atoms with Gasteiger partial charge in [-0.05, 0) is 42.5 Å². The van der Waals surface area contributed by atoms with Crippen molar-refractivity contribution in [3.8, 4) is 0 Å². The first kappa shape index (κ1) is 17.6. The van der Waals surface area contributed by atoms with Gasteiger partial charge in [0.25, 0.3) is 5.91 Å². The SMILES string of the molecule is O=C(CNC(=O)c1cccc(F)c1)OCC(=O)c1ccc(Cl)cc1. The van der Waals surface area contributed by atoms with Crippen molar-refractivity contribution in [3.05, 3.63) is 70.5 Å². The van der Waals surface area contributed by atoms with E-state index < -0.39 is 36.6 Å². The van der Waals surface area contributed by atoms with Gasteiger partial charge in [0.05, 0.1) is 0 Å². The molecule has 2 rings (SSSR count). The highest BCUT2D eigenvalue weighted by Crippen LogP contribution is 2.10. The molecule has 0 atom stereocenters. The zero-order valence-electron chi connectivity index (χ0n) is 12.4. The number of hydrogen-bond donors (Lipinski definition) is 1. The van der Waals surface area contributed by atoms with Crippen LogP contribution < -0.4 is 5.32 Å². The number of esters is 1. The average Bonchev–Trinajstić information content (AvgIpc) is 2.58. The van der Waals surface area contributed by atoms with E-state index in [-0.39, 0.29) is 5.56 Å². The third kappa shape index (κ3) is 5.17. The average molecular weight is 350 g/mol. The second-order valence-electron chi connectivity index (χ2n) is 4.78. The van der Waals surface area contributed by atoms with Gasteiger partial charge in [0, 0.05) is 16.1 Å². The Morgan fingerprint density at radius 1 is 1.04 bits per heavy atom. The maximum absolute atomic E-state index is 13.0. The van der Waals surface area contributed by atoms with E-state index in [1.807, 2.05) is 0 Å². The number of halogens is 2. The molecule has 0 bridgehead atoms. The Balaban J connectivity index is 1.78. The van der Waals surface area contributed by atoms with Gasteiger partial charge in [-0.3, -0.25) is 14.4 Å². The fourth-order valence-corrected chi connectivity index (χ4v) is 1.93. The molecule has 0 spiro atoms. The summed E-state index contributed by atoms with van der Waals surface area (Å²) in [5, 5.41) is 2.78. The number of ketones is 1. The predicted octanol–water partition coefficient (Wildman–Crippen LogP) is 2.64. The van der Waals surface area contributed by atoms with Crippen molar-refractivity contribution in [1.82, 2.24) is 5.32 Å². The second kappa shape index (κ2) is 8.21. The number of carbonyl (C=O) groups is 3. The van der Waals surface area contributed by atoms with Gasteiger partial charge in [0.15, 0.2) is 12.4 Å². The fourth-order valence-electron chi connectivity index (χ4n) is 1.80. The summed E-state index contributed by atoms with van der Waals surface area (Å²) in [4.78, 5) is 35.1. The van der Waals surface area contributed by atoms with Gasteiger partial charge in [-0.25, -0.2) is 4.39 Å². The van der Waals surface area contributed by atoms with E-state index in [2.05, 4.69) is 5.32 Å². The molecule has 0 radical (unpaired) electrons. The van der Waals surface area contributed by atoms with E-state index in [9.17, 15) is 18.8 Å². The zero-order valence-corrected chi connectivity index (χ0v) is 13.2. The van der Waals surface area contributed by atoms with Crippen molar-refractivity contribution < 1.29 is 23.5 Å². The van der Waals surface area contributed by atoms with Crippen molar-refractivity contribution in [1.29, 1.82) is 0 Å². The summed E-state index contributed by atoms with van der Waals surface area (Å²) in [6.45, 7) is -0.875. The lowest BCUT2D eigenvalue weighted by Gasteiger charge is -2.06. The molecule has 2 aromatic rings. The molecule has 2 aromatic carbocycles. The molecule has 7 heteroatoms. The van der Waals surface area contributed by atoms with Crippen LogP contribution in [0.3, 0.4) is 0 Å². The van der Waals surface area contributed by atoms with Crippen LogP contribution in [0, 0.1) is 5.82 Å². The molecule has 0 saturated heterocycles. The molecule has 0 saturated carbocycles. The maximum atomic E-state index is 13.0. The third-order valence-electron chi connectivity index (χ3n) is 3.01. The quantitative estimate of drug-likeness (QED) is 0.642. The molecule has 1 amide bonds. The summed E-state index contributed by atoms with van der Waals surface area (Å²) < 4.78 is 17.8. The molecule has 24 heavy (non-hydrogen) atoms. The van der Waals surface area contributed by atoms with Crippen LogP contribution in [0.15, 0.2) is 48.5 Å². The highest BCUT2D eigenvalue weighted by molar-refractivity contribution is 6.30. The first-order valence-corrected chi connectivity index (χ1v) is 7.31. The van der Waals surface area contributed by atoms with Crippen molar-refractivity contribution >= 4 is 29.3 Å². The Bertz CT molecular complexity index is 761. The molecule has 0 aliphatic rings. The summed E-state index contributed by atoms with van der Waals surface area (Å²) >= 11 is 5.71. The number of nitrogens with one attached hydrogen (secondary N) is 1. The van der Waals surface area contributed by atoms with Crippen LogP contribution in [0.5, 0.6) is 0 Å². The van der Waals surface area contributed by atoms with Crippen LogP contribution in [-0.4, -0.2) is 30.8 Å². The zero-order chi connectivity index (χ0) is 17.5. The van der Waals surface area contributed by atoms with Gasteiger partial charge in [0.1, 0.15) is 12.4 Å². The number of ether oxygens (including phenoxy) is 1. The molecule has 0 aliphatic carbocycles. The monoisotopic (exact) mass is 349 g/mol. The topological polar surface area (TPSA) is 72.5 Å². The molecule has 0 heterocycles. The number of hydrogen-bond acceptors (Lipinski definition) is 4. The Morgan fingerprint density at radius 3 is 2.42 bits per heavy atom. The van der Waals surface area contributed by atoms with Gasteiger partial charge in [-0.2, -0.15) is 0 Å². The largest absolute Gasteiger partial charge is 0.456 e. The predicted molar refractivity (Wildman–Crippen MR) is 85.5 cm³/mol. The van der Waals surface area contributed by atoms with Crippen molar-refractivity contribution in [3.63, 3.8) is 0 Å². The highest BCUT2D eigenvalue weighted by atomic mass is 35.5. The Labute approximate surface area is 142 Å². The Hall–Kier alpha value is -2.73. The van der Waals surface area contributed by atoms with E-state index in [1.165, 1.54) is 30.3 Å². The van der Waals surface area contributed by atoms with Crippen molar-refractivity contribution in [2.45, 2.75) is 0 Å². The molecule has 1 N–H and O–H groups in total. The lowest BCUT2D eigenvalue weighted by Crippen LogP contribution is -2.31. The van der Waals surface area contributed by atoms with Crippen LogP contribution in [0.1, 0.15) is 20.7 Å². The summed E-state index contributed by atoms with van der Waals surface area (Å²) in [5.41, 5.74) is 0.441. The number of Topliss-reactive ketones (excluding diaryl/α,β-unsaturated/α-hetero) is 1. The second-order valence-corrected chi connectivity index (χ2v) is 5.22. The normalized spacial score (nSPS) is 10.1. The minimum atomic E-state index is -0.776. The molecule has 5 nitrogen and oxygen atoms in total. The molecule has 0 fully saturated rings. The van der Waals surface area contributed by atoms with Crippen LogP contribution >= 0.6 is 11.6 Å². The van der Waals surface area contributed by atoms with E-state index in [4.69, 9.17) is 16.3 Å². The standard InChI is InChI=1S/C17H13ClFNO4/c18-13-6-4-11(5-7-13)15(21)10-24-16(22)9-20-17(23)12-2-1-3-14(19)8-12/h1-8H,9-10H2,(H,20,23). The number of amides is 1. The molecule has 0 aromatic heterocycles. The van der Waals surface area contributed by atoms with E-state index in [0.29, 0.717) is 10.6 Å². The van der Waals surface area contributed by atoms with Crippen molar-refractivity contribution in [2.75, 3.05) is 13.2 Å². The number of carbonyl (C=O) groups excluding carboxylic acids is 3. The molecular formula is C17H13ClFNO4. The van der Waals surface area contributed by atoms with Crippen LogP contribution in [0.25, 0.3) is 0 Å². The van der Waals surface area contributed by atoms with Gasteiger partial charge in [-0.1, -0.05) is 17.7 Å². The Morgan fingerprint density at radius 2 is 1.75 bits per heavy atom. The van der Waals surface area contributed by atoms with E-state index >= 15 is 0 Å². The lowest BCUT2D eigenvalue weighted by molar-refractivity contribution is -0.141. The maximum Gasteiger partial charge on any atom is 0.325 e. The smallest absolute Gasteiger partial charge is 0.325 e. The van der Waals surface area contributed by atoms with Gasteiger partial charge in [-0.15, -0.1) is 0 Å². The van der Waals surface area contributed by atoms with E-state index in [1.54, 1.807) is 12.1 Å². The number of rotatable bonds is 6. The molecule has 0 aliphatic heterocycles. The van der Waals surface area contributed by atoms with Crippen LogP contribution in [0.2, 0.25) is 5.02 Å². The van der Waals surface area contributed by atoms with Gasteiger partial charge in [0.2, 0.25) is 0 Å². The summed E-state index contributed by atoms with van der Waals surface area (Å²) in [5.74, 6) is -2.34. The first-order chi connectivity index (χ1) is 11.5. The first-order valence-electron chi connectivity index (χ1n) is 6.94. The molecular weight excluding hydrogens is 337 g/mol. The highest BCUT2D eigenvalue weighted by Gasteiger charge is 2.12.